The number of nitrogens with one attached hydrogen (secondary N) is 1. The number of benzene rings is 3. The fourth-order valence-corrected chi connectivity index (χ4v) is 5.83. The first kappa shape index (κ1) is 26.0. The number of pyridine rings is 1. The minimum absolute atomic E-state index is 0.105. The number of fused-ring (bicyclic) bond motifs is 1. The first-order valence-corrected chi connectivity index (χ1v) is 13.9. The van der Waals surface area contributed by atoms with E-state index < -0.39 is 0 Å². The molecule has 1 saturated heterocycles. The third-order valence-electron chi connectivity index (χ3n) is 8.00. The molecule has 40 heavy (non-hydrogen) atoms. The van der Waals surface area contributed by atoms with Gasteiger partial charge in [0.15, 0.2) is 5.82 Å². The number of aromatic amines is 1. The Morgan fingerprint density at radius 2 is 1.75 bits per heavy atom. The summed E-state index contributed by atoms with van der Waals surface area (Å²) in [5.74, 6) is 2.08. The van der Waals surface area contributed by atoms with E-state index in [1.807, 2.05) is 47.1 Å². The third kappa shape index (κ3) is 5.53. The Balaban J connectivity index is 1.34. The standard InChI is InChI=1S/C32H34N6O2/c1-22-8-13-29-26(18-22)20-28(32(39)33-29)30(37-16-14-24(15-17-37)19-23-6-4-3-5-7-23)31-34-35-36-38(31)21-25-9-11-27(40-2)12-10-25/h3-13,18,20,24,30H,14-17,19,21H2,1-2H3,(H,33,39). The molecule has 1 aliphatic rings. The number of aromatic nitrogens is 5. The van der Waals surface area contributed by atoms with E-state index in [9.17, 15) is 4.79 Å². The van der Waals surface area contributed by atoms with Crippen molar-refractivity contribution in [2.45, 2.75) is 38.8 Å². The van der Waals surface area contributed by atoms with Crippen molar-refractivity contribution < 1.29 is 4.74 Å². The van der Waals surface area contributed by atoms with Crippen molar-refractivity contribution in [2.24, 2.45) is 5.92 Å². The number of methoxy groups -OCH3 is 1. The van der Waals surface area contributed by atoms with Crippen LogP contribution < -0.4 is 10.3 Å². The fraction of sp³-hybridized carbons (Fsp3) is 0.312. The lowest BCUT2D eigenvalue weighted by molar-refractivity contribution is 0.143. The molecule has 0 radical (unpaired) electrons. The van der Waals surface area contributed by atoms with E-state index in [-0.39, 0.29) is 11.6 Å². The Morgan fingerprint density at radius 3 is 2.50 bits per heavy atom. The molecule has 2 aromatic heterocycles. The van der Waals surface area contributed by atoms with Crippen LogP contribution in [-0.4, -0.2) is 50.3 Å². The maximum Gasteiger partial charge on any atom is 0.253 e. The Morgan fingerprint density at radius 1 is 0.975 bits per heavy atom. The molecule has 0 spiro atoms. The predicted molar refractivity (Wildman–Crippen MR) is 156 cm³/mol. The van der Waals surface area contributed by atoms with Gasteiger partial charge in [-0.1, -0.05) is 54.1 Å². The summed E-state index contributed by atoms with van der Waals surface area (Å²) < 4.78 is 7.14. The zero-order valence-electron chi connectivity index (χ0n) is 23.0. The molecule has 0 bridgehead atoms. The van der Waals surface area contributed by atoms with Gasteiger partial charge in [0.25, 0.3) is 5.56 Å². The molecule has 1 N–H and O–H groups in total. The van der Waals surface area contributed by atoms with E-state index in [4.69, 9.17) is 4.74 Å². The summed E-state index contributed by atoms with van der Waals surface area (Å²) in [6.45, 7) is 4.29. The van der Waals surface area contributed by atoms with Crippen molar-refractivity contribution in [2.75, 3.05) is 20.2 Å². The van der Waals surface area contributed by atoms with Gasteiger partial charge in [-0.15, -0.1) is 5.10 Å². The summed E-state index contributed by atoms with van der Waals surface area (Å²) in [4.78, 5) is 19.1. The number of hydrogen-bond acceptors (Lipinski definition) is 6. The SMILES string of the molecule is COc1ccc(Cn2nnnc2C(c2cc3cc(C)ccc3[nH]c2=O)N2CCC(Cc3ccccc3)CC2)cc1. The van der Waals surface area contributed by atoms with Crippen molar-refractivity contribution in [3.63, 3.8) is 0 Å². The highest BCUT2D eigenvalue weighted by molar-refractivity contribution is 5.79. The van der Waals surface area contributed by atoms with Crippen LogP contribution in [0.4, 0.5) is 0 Å². The van der Waals surface area contributed by atoms with Gasteiger partial charge >= 0.3 is 0 Å². The van der Waals surface area contributed by atoms with Gasteiger partial charge in [-0.2, -0.15) is 0 Å². The van der Waals surface area contributed by atoms with Crippen molar-refractivity contribution >= 4 is 10.9 Å². The van der Waals surface area contributed by atoms with Gasteiger partial charge in [-0.05, 0) is 102 Å². The second-order valence-corrected chi connectivity index (χ2v) is 10.8. The van der Waals surface area contributed by atoms with Crippen molar-refractivity contribution in [3.05, 3.63) is 117 Å². The number of hydrogen-bond donors (Lipinski definition) is 1. The lowest BCUT2D eigenvalue weighted by Crippen LogP contribution is -2.41. The maximum absolute atomic E-state index is 13.6. The number of H-pyrrole nitrogens is 1. The highest BCUT2D eigenvalue weighted by atomic mass is 16.5. The summed E-state index contributed by atoms with van der Waals surface area (Å²) in [5, 5.41) is 13.9. The Labute approximate surface area is 233 Å². The predicted octanol–water partition coefficient (Wildman–Crippen LogP) is 4.92. The highest BCUT2D eigenvalue weighted by Gasteiger charge is 2.33. The summed E-state index contributed by atoms with van der Waals surface area (Å²) in [5.41, 5.74) is 4.97. The molecular formula is C32H34N6O2. The van der Waals surface area contributed by atoms with Crippen LogP contribution in [0.5, 0.6) is 5.75 Å². The third-order valence-corrected chi connectivity index (χ3v) is 8.00. The van der Waals surface area contributed by atoms with Gasteiger partial charge in [0.05, 0.1) is 13.7 Å². The molecule has 6 rings (SSSR count). The molecule has 3 heterocycles. The highest BCUT2D eigenvalue weighted by Crippen LogP contribution is 2.32. The zero-order chi connectivity index (χ0) is 27.5. The topological polar surface area (TPSA) is 88.9 Å². The molecule has 0 amide bonds. The van der Waals surface area contributed by atoms with Gasteiger partial charge in [0.2, 0.25) is 0 Å². The average molecular weight is 535 g/mol. The Bertz CT molecular complexity index is 1640. The van der Waals surface area contributed by atoms with E-state index in [0.29, 0.717) is 23.9 Å². The summed E-state index contributed by atoms with van der Waals surface area (Å²) in [7, 11) is 1.66. The molecule has 1 atom stereocenters. The summed E-state index contributed by atoms with van der Waals surface area (Å²) in [6, 6.07) is 26.3. The summed E-state index contributed by atoms with van der Waals surface area (Å²) in [6.07, 6.45) is 3.18. The fourth-order valence-electron chi connectivity index (χ4n) is 5.83. The number of piperidine rings is 1. The minimum Gasteiger partial charge on any atom is -0.497 e. The lowest BCUT2D eigenvalue weighted by Gasteiger charge is -2.37. The van der Waals surface area contributed by atoms with Crippen molar-refractivity contribution in [1.82, 2.24) is 30.1 Å². The largest absolute Gasteiger partial charge is 0.497 e. The smallest absolute Gasteiger partial charge is 0.253 e. The molecule has 0 aliphatic carbocycles. The number of aryl methyl sites for hydroxylation is 1. The number of rotatable bonds is 8. The quantitative estimate of drug-likeness (QED) is 0.304. The van der Waals surface area contributed by atoms with Gasteiger partial charge in [-0.3, -0.25) is 9.69 Å². The minimum atomic E-state index is -0.361. The van der Waals surface area contributed by atoms with Crippen molar-refractivity contribution in [1.29, 1.82) is 0 Å². The Kier molecular flexibility index (Phi) is 7.42. The zero-order valence-corrected chi connectivity index (χ0v) is 23.0. The number of tetrazole rings is 1. The molecule has 3 aromatic carbocycles. The molecule has 5 aromatic rings. The molecule has 1 fully saturated rings. The monoisotopic (exact) mass is 534 g/mol. The van der Waals surface area contributed by atoms with Crippen LogP contribution in [0.25, 0.3) is 10.9 Å². The van der Waals surface area contributed by atoms with Crippen LogP contribution >= 0.6 is 0 Å². The van der Waals surface area contributed by atoms with E-state index in [0.717, 1.165) is 60.1 Å². The molecule has 0 saturated carbocycles. The van der Waals surface area contributed by atoms with Crippen LogP contribution in [-0.2, 0) is 13.0 Å². The first-order chi connectivity index (χ1) is 19.6. The van der Waals surface area contributed by atoms with Crippen LogP contribution in [0.1, 0.15) is 47.0 Å². The van der Waals surface area contributed by atoms with E-state index >= 15 is 0 Å². The van der Waals surface area contributed by atoms with Gasteiger partial charge in [-0.25, -0.2) is 4.68 Å². The van der Waals surface area contributed by atoms with E-state index in [2.05, 4.69) is 68.7 Å². The second kappa shape index (κ2) is 11.4. The maximum atomic E-state index is 13.6. The van der Waals surface area contributed by atoms with Crippen LogP contribution in [0.3, 0.4) is 0 Å². The van der Waals surface area contributed by atoms with Gasteiger partial charge < -0.3 is 9.72 Å². The molecule has 8 heteroatoms. The molecule has 8 nitrogen and oxygen atoms in total. The average Bonchev–Trinajstić information content (AvgIpc) is 3.43. The summed E-state index contributed by atoms with van der Waals surface area (Å²) >= 11 is 0. The molecule has 1 aliphatic heterocycles. The first-order valence-electron chi connectivity index (χ1n) is 13.9. The number of ether oxygens (including phenoxy) is 1. The van der Waals surface area contributed by atoms with Crippen LogP contribution in [0, 0.1) is 12.8 Å². The van der Waals surface area contributed by atoms with Crippen molar-refractivity contribution in [3.8, 4) is 5.75 Å². The molecule has 1 unspecified atom stereocenters. The molecule has 204 valence electrons. The normalized spacial score (nSPS) is 15.3. The van der Waals surface area contributed by atoms with Crippen LogP contribution in [0.2, 0.25) is 0 Å². The lowest BCUT2D eigenvalue weighted by atomic mass is 9.89. The van der Waals surface area contributed by atoms with E-state index in [1.54, 1.807) is 7.11 Å². The van der Waals surface area contributed by atoms with E-state index in [1.165, 1.54) is 5.56 Å². The molecular weight excluding hydrogens is 500 g/mol. The van der Waals surface area contributed by atoms with Gasteiger partial charge in [0, 0.05) is 11.1 Å². The van der Waals surface area contributed by atoms with Gasteiger partial charge in [0.1, 0.15) is 11.8 Å². The number of nitrogens with zero attached hydrogens (tertiary/aromatic N) is 5. The Hall–Kier alpha value is -4.30. The number of likely N-dealkylation sites (tertiary alicyclic amines) is 1. The second-order valence-electron chi connectivity index (χ2n) is 10.8. The van der Waals surface area contributed by atoms with Crippen LogP contribution in [0.15, 0.2) is 83.7 Å².